The molecule has 1 aromatic carbocycles. The smallest absolute Gasteiger partial charge is 0.303 e. The molecule has 0 spiro atoms. The molecule has 0 bridgehead atoms. The van der Waals surface area contributed by atoms with Crippen molar-refractivity contribution in [3.63, 3.8) is 0 Å². The van der Waals surface area contributed by atoms with Gasteiger partial charge in [0.05, 0.1) is 6.61 Å². The second-order valence-electron chi connectivity index (χ2n) is 3.33. The third kappa shape index (κ3) is 3.82. The van der Waals surface area contributed by atoms with E-state index in [4.69, 9.17) is 10.2 Å². The summed E-state index contributed by atoms with van der Waals surface area (Å²) in [7, 11) is 0. The van der Waals surface area contributed by atoms with Crippen molar-refractivity contribution in [2.75, 3.05) is 6.61 Å². The van der Waals surface area contributed by atoms with Crippen molar-refractivity contribution in [3.8, 4) is 0 Å². The van der Waals surface area contributed by atoms with Crippen molar-refractivity contribution < 1.29 is 19.4 Å². The summed E-state index contributed by atoms with van der Waals surface area (Å²) in [6.45, 7) is -0.189. The molecule has 86 valence electrons. The number of rotatable bonds is 5. The van der Waals surface area contributed by atoms with Crippen molar-refractivity contribution in [2.45, 2.75) is 12.8 Å². The lowest BCUT2D eigenvalue weighted by Crippen LogP contribution is -1.95. The van der Waals surface area contributed by atoms with Gasteiger partial charge < -0.3 is 10.2 Å². The van der Waals surface area contributed by atoms with E-state index in [1.54, 1.807) is 18.2 Å². The van der Waals surface area contributed by atoms with Gasteiger partial charge in [-0.3, -0.25) is 4.79 Å². The molecule has 0 aliphatic heterocycles. The van der Waals surface area contributed by atoms with Crippen LogP contribution in [0.4, 0.5) is 4.39 Å². The maximum atomic E-state index is 12.7. The fourth-order valence-electron chi connectivity index (χ4n) is 1.31. The van der Waals surface area contributed by atoms with Crippen molar-refractivity contribution in [3.05, 3.63) is 41.7 Å². The van der Waals surface area contributed by atoms with E-state index in [9.17, 15) is 9.18 Å². The molecule has 0 radical (unpaired) electrons. The molecule has 0 aliphatic rings. The molecule has 1 aromatic rings. The summed E-state index contributed by atoms with van der Waals surface area (Å²) in [6.07, 6.45) is 2.02. The van der Waals surface area contributed by atoms with Crippen LogP contribution in [0.25, 0.3) is 5.57 Å². The van der Waals surface area contributed by atoms with Crippen LogP contribution in [-0.4, -0.2) is 22.8 Å². The number of allylic oxidation sites excluding steroid dienone is 1. The summed E-state index contributed by atoms with van der Waals surface area (Å²) < 4.78 is 12.7. The van der Waals surface area contributed by atoms with Crippen LogP contribution < -0.4 is 0 Å². The van der Waals surface area contributed by atoms with Crippen molar-refractivity contribution in [2.24, 2.45) is 0 Å². The maximum absolute atomic E-state index is 12.7. The molecule has 0 unspecified atom stereocenters. The van der Waals surface area contributed by atoms with Gasteiger partial charge in [0, 0.05) is 6.42 Å². The number of carbonyl (C=O) groups is 1. The number of carboxylic acids is 1. The molecule has 16 heavy (non-hydrogen) atoms. The Morgan fingerprint density at radius 3 is 2.44 bits per heavy atom. The first kappa shape index (κ1) is 12.4. The zero-order chi connectivity index (χ0) is 12.0. The Kier molecular flexibility index (Phi) is 4.66. The highest BCUT2D eigenvalue weighted by Crippen LogP contribution is 2.15. The normalized spacial score (nSPS) is 11.5. The summed E-state index contributed by atoms with van der Waals surface area (Å²) in [4.78, 5) is 10.3. The van der Waals surface area contributed by atoms with Gasteiger partial charge in [0.15, 0.2) is 0 Å². The highest BCUT2D eigenvalue weighted by atomic mass is 19.1. The molecule has 0 aliphatic carbocycles. The number of aliphatic hydroxyl groups excluding tert-OH is 1. The quantitative estimate of drug-likeness (QED) is 0.804. The number of aliphatic hydroxyl groups is 1. The van der Waals surface area contributed by atoms with Gasteiger partial charge in [0.1, 0.15) is 5.82 Å². The first-order valence-electron chi connectivity index (χ1n) is 4.91. The molecule has 0 saturated heterocycles. The zero-order valence-corrected chi connectivity index (χ0v) is 8.69. The number of benzene rings is 1. The van der Waals surface area contributed by atoms with E-state index in [0.29, 0.717) is 17.6 Å². The molecule has 0 fully saturated rings. The van der Waals surface area contributed by atoms with Crippen LogP contribution >= 0.6 is 0 Å². The molecule has 3 nitrogen and oxygen atoms in total. The molecule has 4 heteroatoms. The Balaban J connectivity index is 2.73. The zero-order valence-electron chi connectivity index (χ0n) is 8.69. The minimum Gasteiger partial charge on any atom is -0.481 e. The lowest BCUT2D eigenvalue weighted by molar-refractivity contribution is -0.136. The summed E-state index contributed by atoms with van der Waals surface area (Å²) in [5.74, 6) is -1.22. The van der Waals surface area contributed by atoms with Crippen LogP contribution in [0.1, 0.15) is 18.4 Å². The van der Waals surface area contributed by atoms with Crippen molar-refractivity contribution in [1.29, 1.82) is 0 Å². The van der Waals surface area contributed by atoms with Crippen LogP contribution in [0.15, 0.2) is 30.3 Å². The molecular weight excluding hydrogens is 211 g/mol. The lowest BCUT2D eigenvalue weighted by Gasteiger charge is -2.04. The fraction of sp³-hybridized carbons (Fsp3) is 0.250. The second kappa shape index (κ2) is 6.02. The molecule has 0 aromatic heterocycles. The van der Waals surface area contributed by atoms with E-state index in [0.717, 1.165) is 0 Å². The van der Waals surface area contributed by atoms with Crippen LogP contribution in [0, 0.1) is 5.82 Å². The molecular formula is C12H13FO3. The average Bonchev–Trinajstić information content (AvgIpc) is 2.26. The van der Waals surface area contributed by atoms with Gasteiger partial charge >= 0.3 is 5.97 Å². The fourth-order valence-corrected chi connectivity index (χ4v) is 1.31. The van der Waals surface area contributed by atoms with Crippen molar-refractivity contribution in [1.82, 2.24) is 0 Å². The molecule has 0 heterocycles. The van der Waals surface area contributed by atoms with Crippen LogP contribution in [0.2, 0.25) is 0 Å². The predicted octanol–water partition coefficient (Wildman–Crippen LogP) is 2.07. The van der Waals surface area contributed by atoms with Gasteiger partial charge in [-0.2, -0.15) is 0 Å². The number of hydrogen-bond acceptors (Lipinski definition) is 2. The molecule has 1 rings (SSSR count). The Bertz CT molecular complexity index is 382. The van der Waals surface area contributed by atoms with Gasteiger partial charge in [-0.15, -0.1) is 0 Å². The first-order chi connectivity index (χ1) is 7.63. The van der Waals surface area contributed by atoms with Gasteiger partial charge in [-0.25, -0.2) is 4.39 Å². The minimum absolute atomic E-state index is 0.0185. The standard InChI is InChI=1S/C12H13FO3/c13-11-6-4-9(5-7-11)10(8-14)2-1-3-12(15)16/h2,4-7,14H,1,3,8H2,(H,15,16)/b10-2+. The van der Waals surface area contributed by atoms with Crippen LogP contribution in [-0.2, 0) is 4.79 Å². The predicted molar refractivity (Wildman–Crippen MR) is 58.3 cm³/mol. The summed E-state index contributed by atoms with van der Waals surface area (Å²) in [5, 5.41) is 17.6. The Labute approximate surface area is 92.8 Å². The van der Waals surface area contributed by atoms with Crippen LogP contribution in [0.3, 0.4) is 0 Å². The van der Waals surface area contributed by atoms with E-state index in [-0.39, 0.29) is 18.8 Å². The lowest BCUT2D eigenvalue weighted by atomic mass is 10.0. The van der Waals surface area contributed by atoms with Crippen LogP contribution in [0.5, 0.6) is 0 Å². The number of halogens is 1. The maximum Gasteiger partial charge on any atom is 0.303 e. The highest BCUT2D eigenvalue weighted by Gasteiger charge is 2.01. The van der Waals surface area contributed by atoms with Gasteiger partial charge in [-0.1, -0.05) is 18.2 Å². The van der Waals surface area contributed by atoms with Gasteiger partial charge in [0.25, 0.3) is 0 Å². The molecule has 2 N–H and O–H groups in total. The number of hydrogen-bond donors (Lipinski definition) is 2. The summed E-state index contributed by atoms with van der Waals surface area (Å²) >= 11 is 0. The first-order valence-corrected chi connectivity index (χ1v) is 4.91. The van der Waals surface area contributed by atoms with Gasteiger partial charge in [-0.05, 0) is 29.7 Å². The highest BCUT2D eigenvalue weighted by molar-refractivity contribution is 5.69. The van der Waals surface area contributed by atoms with Crippen molar-refractivity contribution >= 4 is 11.5 Å². The summed E-state index contributed by atoms with van der Waals surface area (Å²) in [6, 6.07) is 5.71. The van der Waals surface area contributed by atoms with E-state index < -0.39 is 5.97 Å². The van der Waals surface area contributed by atoms with E-state index in [1.165, 1.54) is 12.1 Å². The summed E-state index contributed by atoms with van der Waals surface area (Å²) in [5.41, 5.74) is 1.32. The molecule has 0 amide bonds. The SMILES string of the molecule is O=C(O)CC/C=C(\CO)c1ccc(F)cc1. The van der Waals surface area contributed by atoms with E-state index in [1.807, 2.05) is 0 Å². The minimum atomic E-state index is -0.882. The Morgan fingerprint density at radius 1 is 1.31 bits per heavy atom. The third-order valence-electron chi connectivity index (χ3n) is 2.13. The second-order valence-corrected chi connectivity index (χ2v) is 3.33. The average molecular weight is 224 g/mol. The number of aliphatic carboxylic acids is 1. The number of carboxylic acid groups (broad SMARTS) is 1. The molecule has 0 saturated carbocycles. The largest absolute Gasteiger partial charge is 0.481 e. The van der Waals surface area contributed by atoms with E-state index in [2.05, 4.69) is 0 Å². The topological polar surface area (TPSA) is 57.5 Å². The monoisotopic (exact) mass is 224 g/mol. The Hall–Kier alpha value is -1.68. The molecule has 0 atom stereocenters. The Morgan fingerprint density at radius 2 is 1.94 bits per heavy atom. The third-order valence-corrected chi connectivity index (χ3v) is 2.13. The van der Waals surface area contributed by atoms with E-state index >= 15 is 0 Å². The van der Waals surface area contributed by atoms with Gasteiger partial charge in [0.2, 0.25) is 0 Å².